The first-order valence-corrected chi connectivity index (χ1v) is 6.22. The average Bonchev–Trinajstić information content (AvgIpc) is 2.33. The van der Waals surface area contributed by atoms with Gasteiger partial charge in [-0.2, -0.15) is 0 Å². The van der Waals surface area contributed by atoms with Gasteiger partial charge in [-0.3, -0.25) is 4.90 Å². The lowest BCUT2D eigenvalue weighted by molar-refractivity contribution is -0.136. The van der Waals surface area contributed by atoms with Gasteiger partial charge in [0.15, 0.2) is 0 Å². The Hall–Kier alpha value is -0.830. The van der Waals surface area contributed by atoms with Gasteiger partial charge in [0, 0.05) is 18.2 Å². The fraction of sp³-hybridized carbons (Fsp3) is 0.769. The van der Waals surface area contributed by atoms with Crippen molar-refractivity contribution >= 4 is 5.97 Å². The van der Waals surface area contributed by atoms with Crippen molar-refractivity contribution in [2.24, 2.45) is 0 Å². The predicted octanol–water partition coefficient (Wildman–Crippen LogP) is 2.62. The van der Waals surface area contributed by atoms with E-state index in [2.05, 4.69) is 18.7 Å². The summed E-state index contributed by atoms with van der Waals surface area (Å²) in [6.07, 6.45) is 3.99. The quantitative estimate of drug-likeness (QED) is 0.694. The van der Waals surface area contributed by atoms with Crippen molar-refractivity contribution in [2.45, 2.75) is 46.6 Å². The smallest absolute Gasteiger partial charge is 0.333 e. The minimum absolute atomic E-state index is 0.173. The van der Waals surface area contributed by atoms with Gasteiger partial charge >= 0.3 is 5.97 Å². The van der Waals surface area contributed by atoms with Crippen LogP contribution >= 0.6 is 0 Å². The number of hydrogen-bond donors (Lipinski definition) is 0. The second kappa shape index (κ2) is 8.34. The highest BCUT2D eigenvalue weighted by molar-refractivity contribution is 5.88. The summed E-state index contributed by atoms with van der Waals surface area (Å²) in [5.74, 6) is -0.173. The maximum Gasteiger partial charge on any atom is 0.333 e. The number of nitrogens with zero attached hydrogens (tertiary/aromatic N) is 1. The second-order valence-electron chi connectivity index (χ2n) is 3.71. The Morgan fingerprint density at radius 3 is 2.62 bits per heavy atom. The Morgan fingerprint density at radius 2 is 2.19 bits per heavy atom. The van der Waals surface area contributed by atoms with Gasteiger partial charge in [0.05, 0.1) is 7.11 Å². The molecule has 3 heteroatoms. The Kier molecular flexibility index (Phi) is 7.90. The third-order valence-electron chi connectivity index (χ3n) is 2.65. The highest BCUT2D eigenvalue weighted by Crippen LogP contribution is 2.17. The normalized spacial score (nSPS) is 20.6. The molecular weight excluding hydrogens is 202 g/mol. The highest BCUT2D eigenvalue weighted by Gasteiger charge is 2.21. The van der Waals surface area contributed by atoms with Crippen molar-refractivity contribution < 1.29 is 9.53 Å². The van der Waals surface area contributed by atoms with Gasteiger partial charge in [-0.1, -0.05) is 26.8 Å². The van der Waals surface area contributed by atoms with Crippen molar-refractivity contribution in [3.8, 4) is 0 Å². The van der Waals surface area contributed by atoms with Gasteiger partial charge in [0.2, 0.25) is 0 Å². The monoisotopic (exact) mass is 227 g/mol. The van der Waals surface area contributed by atoms with E-state index in [9.17, 15) is 4.79 Å². The molecule has 0 aliphatic carbocycles. The standard InChI is InChI=1S/C11H19NO2.C2H6/c1-4-6-12-7-5-10(8-9(12)2)11(13)14-3;1-2/h8-9H,4-7H2,1-3H3;1-2H3. The molecule has 0 saturated heterocycles. The summed E-state index contributed by atoms with van der Waals surface area (Å²) in [4.78, 5) is 13.6. The minimum Gasteiger partial charge on any atom is -0.466 e. The van der Waals surface area contributed by atoms with Crippen LogP contribution in [0.1, 0.15) is 40.5 Å². The van der Waals surface area contributed by atoms with Crippen LogP contribution in [0.15, 0.2) is 11.6 Å². The Labute approximate surface area is 99.5 Å². The molecule has 0 amide bonds. The third kappa shape index (κ3) is 4.35. The van der Waals surface area contributed by atoms with E-state index in [1.807, 2.05) is 19.9 Å². The first-order valence-electron chi connectivity index (χ1n) is 6.22. The number of ether oxygens (including phenoxy) is 1. The van der Waals surface area contributed by atoms with Gasteiger partial charge in [0.1, 0.15) is 0 Å². The molecule has 0 N–H and O–H groups in total. The Bertz CT molecular complexity index is 236. The molecule has 0 fully saturated rings. The molecule has 16 heavy (non-hydrogen) atoms. The number of methoxy groups -OCH3 is 1. The fourth-order valence-corrected chi connectivity index (χ4v) is 1.85. The van der Waals surface area contributed by atoms with E-state index >= 15 is 0 Å². The Balaban J connectivity index is 0.00000106. The minimum atomic E-state index is -0.173. The van der Waals surface area contributed by atoms with Crippen molar-refractivity contribution in [1.82, 2.24) is 4.90 Å². The summed E-state index contributed by atoms with van der Waals surface area (Å²) in [5, 5.41) is 0. The zero-order valence-electron chi connectivity index (χ0n) is 11.2. The lowest BCUT2D eigenvalue weighted by atomic mass is 10.0. The molecule has 1 rings (SSSR count). The van der Waals surface area contributed by atoms with Gasteiger partial charge in [-0.05, 0) is 26.3 Å². The van der Waals surface area contributed by atoms with Crippen LogP contribution in [-0.4, -0.2) is 37.1 Å². The van der Waals surface area contributed by atoms with Crippen LogP contribution in [0.3, 0.4) is 0 Å². The lowest BCUT2D eigenvalue weighted by Gasteiger charge is -2.31. The summed E-state index contributed by atoms with van der Waals surface area (Å²) in [6.45, 7) is 10.4. The second-order valence-corrected chi connectivity index (χ2v) is 3.71. The van der Waals surface area contributed by atoms with E-state index < -0.39 is 0 Å². The topological polar surface area (TPSA) is 29.5 Å². The number of carbonyl (C=O) groups is 1. The molecule has 94 valence electrons. The molecule has 1 aliphatic rings. The number of carbonyl (C=O) groups excluding carboxylic acids is 1. The molecular formula is C13H25NO2. The Morgan fingerprint density at radius 1 is 1.56 bits per heavy atom. The first kappa shape index (κ1) is 15.2. The van der Waals surface area contributed by atoms with Crippen LogP contribution < -0.4 is 0 Å². The van der Waals surface area contributed by atoms with E-state index in [1.165, 1.54) is 7.11 Å². The summed E-state index contributed by atoms with van der Waals surface area (Å²) in [7, 11) is 1.44. The third-order valence-corrected chi connectivity index (χ3v) is 2.65. The van der Waals surface area contributed by atoms with Gasteiger partial charge in [0.25, 0.3) is 0 Å². The number of esters is 1. The van der Waals surface area contributed by atoms with E-state index in [-0.39, 0.29) is 5.97 Å². The fourth-order valence-electron chi connectivity index (χ4n) is 1.85. The molecule has 1 atom stereocenters. The van der Waals surface area contributed by atoms with E-state index in [1.54, 1.807) is 0 Å². The largest absolute Gasteiger partial charge is 0.466 e. The van der Waals surface area contributed by atoms with E-state index in [0.717, 1.165) is 31.5 Å². The van der Waals surface area contributed by atoms with Crippen LogP contribution in [0.5, 0.6) is 0 Å². The molecule has 0 aromatic heterocycles. The lowest BCUT2D eigenvalue weighted by Crippen LogP contribution is -2.37. The molecule has 0 bridgehead atoms. The highest BCUT2D eigenvalue weighted by atomic mass is 16.5. The molecule has 0 spiro atoms. The summed E-state index contributed by atoms with van der Waals surface area (Å²) >= 11 is 0. The van der Waals surface area contributed by atoms with Crippen molar-refractivity contribution in [2.75, 3.05) is 20.2 Å². The molecule has 1 aliphatic heterocycles. The maximum absolute atomic E-state index is 11.3. The van der Waals surface area contributed by atoms with Crippen LogP contribution in [0.4, 0.5) is 0 Å². The molecule has 0 aromatic rings. The van der Waals surface area contributed by atoms with Crippen LogP contribution in [0.2, 0.25) is 0 Å². The summed E-state index contributed by atoms with van der Waals surface area (Å²) in [6, 6.07) is 0.359. The van der Waals surface area contributed by atoms with Crippen LogP contribution in [-0.2, 0) is 9.53 Å². The first-order chi connectivity index (χ1) is 7.69. The molecule has 0 aromatic carbocycles. The van der Waals surface area contributed by atoms with Gasteiger partial charge < -0.3 is 4.74 Å². The van der Waals surface area contributed by atoms with Crippen molar-refractivity contribution in [3.05, 3.63) is 11.6 Å². The summed E-state index contributed by atoms with van der Waals surface area (Å²) in [5.41, 5.74) is 0.826. The van der Waals surface area contributed by atoms with E-state index in [0.29, 0.717) is 6.04 Å². The van der Waals surface area contributed by atoms with Crippen molar-refractivity contribution in [1.29, 1.82) is 0 Å². The SMILES string of the molecule is CC.CCCN1CCC(C(=O)OC)=CC1C. The van der Waals surface area contributed by atoms with Gasteiger partial charge in [-0.25, -0.2) is 4.79 Å². The molecule has 3 nitrogen and oxygen atoms in total. The zero-order valence-corrected chi connectivity index (χ0v) is 11.2. The van der Waals surface area contributed by atoms with Gasteiger partial charge in [-0.15, -0.1) is 0 Å². The molecule has 0 saturated carbocycles. The number of rotatable bonds is 3. The molecule has 1 heterocycles. The molecule has 1 unspecified atom stereocenters. The van der Waals surface area contributed by atoms with Crippen LogP contribution in [0.25, 0.3) is 0 Å². The van der Waals surface area contributed by atoms with Crippen molar-refractivity contribution in [3.63, 3.8) is 0 Å². The number of hydrogen-bond acceptors (Lipinski definition) is 3. The summed E-state index contributed by atoms with van der Waals surface area (Å²) < 4.78 is 4.71. The van der Waals surface area contributed by atoms with Crippen LogP contribution in [0, 0.1) is 0 Å². The van der Waals surface area contributed by atoms with E-state index in [4.69, 9.17) is 4.74 Å². The average molecular weight is 227 g/mol. The molecule has 0 radical (unpaired) electrons. The predicted molar refractivity (Wildman–Crippen MR) is 67.4 cm³/mol. The maximum atomic E-state index is 11.3. The zero-order chi connectivity index (χ0) is 12.6.